The van der Waals surface area contributed by atoms with Crippen molar-refractivity contribution < 1.29 is 28.5 Å². The number of methoxy groups -OCH3 is 3. The second-order valence-corrected chi connectivity index (χ2v) is 12.6. The molecule has 0 N–H and O–H groups in total. The second kappa shape index (κ2) is 13.2. The Hall–Kier alpha value is -5.40. The Morgan fingerprint density at radius 2 is 1.39 bits per heavy atom. The van der Waals surface area contributed by atoms with Gasteiger partial charge >= 0.3 is 5.97 Å². The summed E-state index contributed by atoms with van der Waals surface area (Å²) >= 11 is 0. The summed E-state index contributed by atoms with van der Waals surface area (Å²) in [4.78, 5) is 30.2. The van der Waals surface area contributed by atoms with Crippen molar-refractivity contribution in [3.63, 3.8) is 0 Å². The molecule has 5 aromatic carbocycles. The minimum absolute atomic E-state index is 0.0198. The van der Waals surface area contributed by atoms with E-state index in [-0.39, 0.29) is 18.6 Å². The van der Waals surface area contributed by atoms with E-state index in [4.69, 9.17) is 18.9 Å². The molecule has 2 aliphatic rings. The molecule has 7 nitrogen and oxygen atoms in total. The lowest BCUT2D eigenvalue weighted by atomic mass is 9.83. The first-order chi connectivity index (χ1) is 23.8. The highest BCUT2D eigenvalue weighted by Crippen LogP contribution is 2.51. The molecule has 0 unspecified atom stereocenters. The number of carbonyl (C=O) groups excluding carboxylic acids is 2. The largest absolute Gasteiger partial charge is 0.497 e. The van der Waals surface area contributed by atoms with Gasteiger partial charge in [-0.05, 0) is 118 Å². The number of rotatable bonds is 10. The number of hydrogen-bond donors (Lipinski definition) is 0. The lowest BCUT2D eigenvalue weighted by Gasteiger charge is -2.29. The minimum Gasteiger partial charge on any atom is -0.497 e. The average molecular weight is 654 g/mol. The van der Waals surface area contributed by atoms with Crippen LogP contribution in [-0.4, -0.2) is 51.3 Å². The predicted octanol–water partition coefficient (Wildman–Crippen LogP) is 8.11. The average Bonchev–Trinajstić information content (AvgIpc) is 3.67. The van der Waals surface area contributed by atoms with Crippen molar-refractivity contribution in [2.45, 2.75) is 32.9 Å². The molecule has 0 saturated heterocycles. The van der Waals surface area contributed by atoms with E-state index < -0.39 is 5.97 Å². The summed E-state index contributed by atoms with van der Waals surface area (Å²) in [5, 5.41) is 0. The number of esters is 1. The Labute approximate surface area is 287 Å². The molecule has 1 amide bonds. The summed E-state index contributed by atoms with van der Waals surface area (Å²) in [6.07, 6.45) is 0.739. The molecule has 1 heterocycles. The Morgan fingerprint density at radius 1 is 0.735 bits per heavy atom. The van der Waals surface area contributed by atoms with Gasteiger partial charge in [-0.1, -0.05) is 54.6 Å². The van der Waals surface area contributed by atoms with Gasteiger partial charge < -0.3 is 23.8 Å². The van der Waals surface area contributed by atoms with Crippen molar-refractivity contribution in [2.24, 2.45) is 0 Å². The predicted molar refractivity (Wildman–Crippen MR) is 189 cm³/mol. The third-order valence-electron chi connectivity index (χ3n) is 9.88. The minimum atomic E-state index is -0.405. The number of fused-ring (bicyclic) bond motifs is 5. The number of hydrogen-bond acceptors (Lipinski definition) is 6. The second-order valence-electron chi connectivity index (χ2n) is 12.6. The standard InChI is InChI=1S/C42H39NO6/c1-25-10-11-30(42(45)49-21-20-46-3)23-34(25)37-26(2)35-22-29-8-6-7-9-33(29)38(35)39-36(37)24-43(41(39)44)40(27-12-16-31(47-4)17-13-27)28-14-18-32(48-5)19-15-28/h6-19,23,40H,20-22,24H2,1-5H3. The zero-order valence-corrected chi connectivity index (χ0v) is 28.5. The number of benzene rings is 5. The highest BCUT2D eigenvalue weighted by Gasteiger charge is 2.41. The maximum Gasteiger partial charge on any atom is 0.338 e. The van der Waals surface area contributed by atoms with Gasteiger partial charge in [0, 0.05) is 13.7 Å². The van der Waals surface area contributed by atoms with Crippen molar-refractivity contribution >= 4 is 11.9 Å². The normalized spacial score (nSPS) is 12.9. The van der Waals surface area contributed by atoms with Gasteiger partial charge in [-0.3, -0.25) is 4.79 Å². The highest BCUT2D eigenvalue weighted by molar-refractivity contribution is 6.10. The van der Waals surface area contributed by atoms with E-state index in [1.807, 2.05) is 71.6 Å². The fourth-order valence-electron chi connectivity index (χ4n) is 7.42. The van der Waals surface area contributed by atoms with Gasteiger partial charge in [-0.15, -0.1) is 0 Å². The fourth-order valence-corrected chi connectivity index (χ4v) is 7.42. The van der Waals surface area contributed by atoms with Crippen LogP contribution in [0.15, 0.2) is 91.0 Å². The van der Waals surface area contributed by atoms with Crippen LogP contribution in [0.1, 0.15) is 65.7 Å². The van der Waals surface area contributed by atoms with Crippen LogP contribution in [0.4, 0.5) is 0 Å². The van der Waals surface area contributed by atoms with Crippen molar-refractivity contribution in [3.05, 3.63) is 141 Å². The SMILES string of the molecule is COCCOC(=O)c1ccc(C)c(-c2c(C)c3c(c4c2CN(C(c2ccc(OC)cc2)c2ccc(OC)cc2)C4=O)-c2ccccc2C3)c1. The molecule has 7 heteroatoms. The summed E-state index contributed by atoms with van der Waals surface area (Å²) in [5.74, 6) is 1.07. The van der Waals surface area contributed by atoms with E-state index in [0.717, 1.165) is 79.1 Å². The first-order valence-corrected chi connectivity index (χ1v) is 16.5. The first kappa shape index (κ1) is 32.2. The van der Waals surface area contributed by atoms with E-state index in [1.165, 1.54) is 5.56 Å². The smallest absolute Gasteiger partial charge is 0.338 e. The molecule has 0 fully saturated rings. The molecule has 0 aromatic heterocycles. The molecule has 0 saturated carbocycles. The Morgan fingerprint density at radius 3 is 2.02 bits per heavy atom. The Kier molecular flexibility index (Phi) is 8.69. The molecule has 49 heavy (non-hydrogen) atoms. The lowest BCUT2D eigenvalue weighted by molar-refractivity contribution is 0.0388. The van der Waals surface area contributed by atoms with Crippen molar-refractivity contribution in [1.82, 2.24) is 4.90 Å². The quantitative estimate of drug-likeness (QED) is 0.110. The Bertz CT molecular complexity index is 2020. The van der Waals surface area contributed by atoms with Crippen molar-refractivity contribution in [1.29, 1.82) is 0 Å². The first-order valence-electron chi connectivity index (χ1n) is 16.5. The number of ether oxygens (including phenoxy) is 4. The molecule has 5 aromatic rings. The molecule has 7 rings (SSSR count). The third-order valence-corrected chi connectivity index (χ3v) is 9.88. The number of carbonyl (C=O) groups is 2. The monoisotopic (exact) mass is 653 g/mol. The van der Waals surface area contributed by atoms with Crippen LogP contribution in [0.3, 0.4) is 0 Å². The van der Waals surface area contributed by atoms with Crippen LogP contribution in [0, 0.1) is 13.8 Å². The van der Waals surface area contributed by atoms with Crippen LogP contribution < -0.4 is 9.47 Å². The number of aryl methyl sites for hydroxylation is 1. The topological polar surface area (TPSA) is 74.3 Å². The van der Waals surface area contributed by atoms with Crippen LogP contribution >= 0.6 is 0 Å². The molecule has 0 spiro atoms. The van der Waals surface area contributed by atoms with E-state index in [2.05, 4.69) is 32.0 Å². The summed E-state index contributed by atoms with van der Waals surface area (Å²) in [5.41, 5.74) is 12.7. The fraction of sp³-hybridized carbons (Fsp3) is 0.238. The molecule has 0 radical (unpaired) electrons. The highest BCUT2D eigenvalue weighted by atomic mass is 16.6. The van der Waals surface area contributed by atoms with Gasteiger partial charge in [0.1, 0.15) is 18.1 Å². The van der Waals surface area contributed by atoms with Gasteiger partial charge in [-0.25, -0.2) is 4.79 Å². The Balaban J connectivity index is 1.42. The van der Waals surface area contributed by atoms with Crippen LogP contribution in [0.25, 0.3) is 22.3 Å². The number of amides is 1. The maximum absolute atomic E-state index is 15.1. The van der Waals surface area contributed by atoms with E-state index in [0.29, 0.717) is 18.7 Å². The van der Waals surface area contributed by atoms with Gasteiger partial charge in [0.2, 0.25) is 0 Å². The van der Waals surface area contributed by atoms with Gasteiger partial charge in [0.15, 0.2) is 0 Å². The van der Waals surface area contributed by atoms with Crippen molar-refractivity contribution in [2.75, 3.05) is 34.5 Å². The van der Waals surface area contributed by atoms with Crippen LogP contribution in [0.2, 0.25) is 0 Å². The lowest BCUT2D eigenvalue weighted by Crippen LogP contribution is -2.30. The summed E-state index contributed by atoms with van der Waals surface area (Å²) < 4.78 is 21.5. The van der Waals surface area contributed by atoms with E-state index in [1.54, 1.807) is 27.4 Å². The number of nitrogens with zero attached hydrogens (tertiary/aromatic N) is 1. The van der Waals surface area contributed by atoms with Crippen molar-refractivity contribution in [3.8, 4) is 33.8 Å². The van der Waals surface area contributed by atoms with Gasteiger partial charge in [0.05, 0.1) is 38.0 Å². The summed E-state index contributed by atoms with van der Waals surface area (Å²) in [7, 11) is 4.87. The molecular weight excluding hydrogens is 614 g/mol. The molecular formula is C42H39NO6. The molecule has 248 valence electrons. The van der Waals surface area contributed by atoms with E-state index >= 15 is 4.79 Å². The molecule has 1 aliphatic carbocycles. The molecule has 0 bridgehead atoms. The maximum atomic E-state index is 15.1. The van der Waals surface area contributed by atoms with Crippen LogP contribution in [-0.2, 0) is 22.4 Å². The molecule has 1 aliphatic heterocycles. The third kappa shape index (κ3) is 5.64. The van der Waals surface area contributed by atoms with E-state index in [9.17, 15) is 4.79 Å². The summed E-state index contributed by atoms with van der Waals surface area (Å²) in [6, 6.07) is 29.5. The van der Waals surface area contributed by atoms with Gasteiger partial charge in [0.25, 0.3) is 5.91 Å². The summed E-state index contributed by atoms with van der Waals surface area (Å²) in [6.45, 7) is 5.09. The van der Waals surface area contributed by atoms with Gasteiger partial charge in [-0.2, -0.15) is 0 Å². The molecule has 0 atom stereocenters. The zero-order valence-electron chi connectivity index (χ0n) is 28.5. The van der Waals surface area contributed by atoms with Crippen LogP contribution in [0.5, 0.6) is 11.5 Å². The zero-order chi connectivity index (χ0) is 34.2.